The molecular weight excluding hydrogens is 262 g/mol. The summed E-state index contributed by atoms with van der Waals surface area (Å²) in [6, 6.07) is 11.3. The zero-order valence-electron chi connectivity index (χ0n) is 9.83. The van der Waals surface area contributed by atoms with E-state index in [9.17, 15) is 0 Å². The molecule has 3 heteroatoms. The van der Waals surface area contributed by atoms with Crippen molar-refractivity contribution in [1.82, 2.24) is 0 Å². The first-order valence-electron chi connectivity index (χ1n) is 5.53. The molecular formula is C15H10ClNS. The fourth-order valence-corrected chi connectivity index (χ4v) is 2.61. The van der Waals surface area contributed by atoms with Crippen molar-refractivity contribution in [1.29, 1.82) is 5.26 Å². The standard InChI is InChI=1S/C15H10ClNS/c1-2-14-9-13(15(16)18-14)8-7-11-3-5-12(10-17)6-4-11/h3-6,9H,2H2,1H3. The summed E-state index contributed by atoms with van der Waals surface area (Å²) in [7, 11) is 0. The Morgan fingerprint density at radius 1 is 1.17 bits per heavy atom. The van der Waals surface area contributed by atoms with E-state index < -0.39 is 0 Å². The van der Waals surface area contributed by atoms with E-state index >= 15 is 0 Å². The summed E-state index contributed by atoms with van der Waals surface area (Å²) >= 11 is 7.69. The van der Waals surface area contributed by atoms with E-state index in [0.29, 0.717) is 5.56 Å². The van der Waals surface area contributed by atoms with Gasteiger partial charge < -0.3 is 0 Å². The maximum absolute atomic E-state index is 8.70. The minimum Gasteiger partial charge on any atom is -0.192 e. The molecule has 0 saturated heterocycles. The van der Waals surface area contributed by atoms with Crippen LogP contribution in [0.5, 0.6) is 0 Å². The molecule has 0 atom stereocenters. The van der Waals surface area contributed by atoms with Gasteiger partial charge in [-0.3, -0.25) is 0 Å². The Labute approximate surface area is 116 Å². The van der Waals surface area contributed by atoms with Crippen LogP contribution >= 0.6 is 22.9 Å². The van der Waals surface area contributed by atoms with E-state index in [1.165, 1.54) is 4.88 Å². The minimum absolute atomic E-state index is 0.641. The quantitative estimate of drug-likeness (QED) is 0.712. The fraction of sp³-hybridized carbons (Fsp3) is 0.133. The Morgan fingerprint density at radius 3 is 2.39 bits per heavy atom. The zero-order chi connectivity index (χ0) is 13.0. The monoisotopic (exact) mass is 271 g/mol. The normalized spacial score (nSPS) is 9.39. The van der Waals surface area contributed by atoms with Crippen LogP contribution in [0.4, 0.5) is 0 Å². The highest BCUT2D eigenvalue weighted by atomic mass is 35.5. The van der Waals surface area contributed by atoms with Gasteiger partial charge in [0.1, 0.15) is 4.34 Å². The van der Waals surface area contributed by atoms with E-state index in [4.69, 9.17) is 16.9 Å². The van der Waals surface area contributed by atoms with E-state index in [0.717, 1.165) is 21.9 Å². The van der Waals surface area contributed by atoms with Gasteiger partial charge in [-0.25, -0.2) is 0 Å². The summed E-state index contributed by atoms with van der Waals surface area (Å²) in [5.74, 6) is 6.12. The van der Waals surface area contributed by atoms with Crippen molar-refractivity contribution in [2.75, 3.05) is 0 Å². The largest absolute Gasteiger partial charge is 0.192 e. The molecule has 18 heavy (non-hydrogen) atoms. The van der Waals surface area contributed by atoms with Gasteiger partial charge in [-0.2, -0.15) is 5.26 Å². The van der Waals surface area contributed by atoms with Crippen LogP contribution in [0.3, 0.4) is 0 Å². The van der Waals surface area contributed by atoms with E-state index in [2.05, 4.69) is 24.8 Å². The third kappa shape index (κ3) is 2.93. The highest BCUT2D eigenvalue weighted by Gasteiger charge is 2.02. The summed E-state index contributed by atoms with van der Waals surface area (Å²) < 4.78 is 0.744. The summed E-state index contributed by atoms with van der Waals surface area (Å²) in [5, 5.41) is 8.70. The van der Waals surface area contributed by atoms with Crippen LogP contribution in [0, 0.1) is 23.2 Å². The second-order valence-corrected chi connectivity index (χ2v) is 5.43. The van der Waals surface area contributed by atoms with Crippen LogP contribution < -0.4 is 0 Å². The van der Waals surface area contributed by atoms with Gasteiger partial charge in [0.05, 0.1) is 17.2 Å². The van der Waals surface area contributed by atoms with Gasteiger partial charge >= 0.3 is 0 Å². The topological polar surface area (TPSA) is 23.8 Å². The number of benzene rings is 1. The van der Waals surface area contributed by atoms with Crippen LogP contribution in [0.25, 0.3) is 0 Å². The van der Waals surface area contributed by atoms with Crippen LogP contribution in [-0.4, -0.2) is 0 Å². The van der Waals surface area contributed by atoms with Crippen molar-refractivity contribution in [3.8, 4) is 17.9 Å². The lowest BCUT2D eigenvalue weighted by molar-refractivity contribution is 1.19. The molecule has 0 saturated carbocycles. The smallest absolute Gasteiger partial charge is 0.109 e. The minimum atomic E-state index is 0.641. The number of aryl methyl sites for hydroxylation is 1. The first kappa shape index (κ1) is 12.7. The molecule has 1 aromatic heterocycles. The molecule has 0 fully saturated rings. The molecule has 0 radical (unpaired) electrons. The number of hydrogen-bond acceptors (Lipinski definition) is 2. The van der Waals surface area contributed by atoms with Crippen LogP contribution in [-0.2, 0) is 6.42 Å². The predicted molar refractivity (Wildman–Crippen MR) is 75.8 cm³/mol. The molecule has 0 N–H and O–H groups in total. The number of rotatable bonds is 1. The predicted octanol–water partition coefficient (Wildman–Crippen LogP) is 4.24. The van der Waals surface area contributed by atoms with Gasteiger partial charge in [0.25, 0.3) is 0 Å². The molecule has 0 amide bonds. The Hall–Kier alpha value is -1.74. The van der Waals surface area contributed by atoms with Crippen molar-refractivity contribution >= 4 is 22.9 Å². The second-order valence-electron chi connectivity index (χ2n) is 3.69. The SMILES string of the molecule is CCc1cc(C#Cc2ccc(C#N)cc2)c(Cl)s1. The molecule has 1 nitrogen and oxygen atoms in total. The number of thiophene rings is 1. The molecule has 2 aromatic rings. The van der Waals surface area contributed by atoms with Gasteiger partial charge in [0.15, 0.2) is 0 Å². The molecule has 88 valence electrons. The summed E-state index contributed by atoms with van der Waals surface area (Å²) in [5.41, 5.74) is 2.40. The number of nitriles is 1. The highest BCUT2D eigenvalue weighted by molar-refractivity contribution is 7.16. The van der Waals surface area contributed by atoms with E-state index in [1.54, 1.807) is 23.5 Å². The van der Waals surface area contributed by atoms with E-state index in [1.807, 2.05) is 18.2 Å². The van der Waals surface area contributed by atoms with Crippen molar-refractivity contribution in [2.24, 2.45) is 0 Å². The zero-order valence-corrected chi connectivity index (χ0v) is 11.4. The molecule has 0 aliphatic carbocycles. The van der Waals surface area contributed by atoms with Gasteiger partial charge in [0, 0.05) is 10.4 Å². The van der Waals surface area contributed by atoms with Gasteiger partial charge in [0.2, 0.25) is 0 Å². The fourth-order valence-electron chi connectivity index (χ4n) is 1.44. The summed E-state index contributed by atoms with van der Waals surface area (Å²) in [6.45, 7) is 2.10. The second kappa shape index (κ2) is 5.74. The number of hydrogen-bond donors (Lipinski definition) is 0. The molecule has 2 rings (SSSR count). The molecule has 0 bridgehead atoms. The van der Waals surface area contributed by atoms with Crippen LogP contribution in [0.1, 0.15) is 28.5 Å². The molecule has 0 spiro atoms. The van der Waals surface area contributed by atoms with Crippen molar-refractivity contribution in [2.45, 2.75) is 13.3 Å². The maximum atomic E-state index is 8.70. The first-order valence-corrected chi connectivity index (χ1v) is 6.72. The average Bonchev–Trinajstić information content (AvgIpc) is 2.77. The summed E-state index contributed by atoms with van der Waals surface area (Å²) in [4.78, 5) is 1.24. The highest BCUT2D eigenvalue weighted by Crippen LogP contribution is 2.27. The van der Waals surface area contributed by atoms with Crippen LogP contribution in [0.15, 0.2) is 30.3 Å². The molecule has 1 aromatic carbocycles. The van der Waals surface area contributed by atoms with Gasteiger partial charge in [-0.05, 0) is 36.8 Å². The Morgan fingerprint density at radius 2 is 1.83 bits per heavy atom. The molecule has 0 unspecified atom stereocenters. The first-order chi connectivity index (χ1) is 8.72. The third-order valence-electron chi connectivity index (χ3n) is 2.44. The average molecular weight is 272 g/mol. The van der Waals surface area contributed by atoms with Crippen molar-refractivity contribution in [3.05, 3.63) is 56.2 Å². The summed E-state index contributed by atoms with van der Waals surface area (Å²) in [6.07, 6.45) is 0.975. The van der Waals surface area contributed by atoms with E-state index in [-0.39, 0.29) is 0 Å². The lowest BCUT2D eigenvalue weighted by Gasteiger charge is -1.89. The Bertz CT molecular complexity index is 651. The number of halogens is 1. The molecule has 0 aliphatic rings. The number of nitrogens with zero attached hydrogens (tertiary/aromatic N) is 1. The Kier molecular flexibility index (Phi) is 4.05. The lowest BCUT2D eigenvalue weighted by atomic mass is 10.1. The van der Waals surface area contributed by atoms with Crippen LogP contribution in [0.2, 0.25) is 4.34 Å². The van der Waals surface area contributed by atoms with Gasteiger partial charge in [-0.1, -0.05) is 30.4 Å². The maximum Gasteiger partial charge on any atom is 0.109 e. The Balaban J connectivity index is 2.25. The molecule has 0 aliphatic heterocycles. The van der Waals surface area contributed by atoms with Crippen molar-refractivity contribution < 1.29 is 0 Å². The van der Waals surface area contributed by atoms with Gasteiger partial charge in [-0.15, -0.1) is 11.3 Å². The lowest BCUT2D eigenvalue weighted by Crippen LogP contribution is -1.77. The van der Waals surface area contributed by atoms with Crippen molar-refractivity contribution in [3.63, 3.8) is 0 Å². The third-order valence-corrected chi connectivity index (χ3v) is 3.94. The molecule has 1 heterocycles.